The second kappa shape index (κ2) is 6.05. The van der Waals surface area contributed by atoms with Crippen molar-refractivity contribution in [2.75, 3.05) is 18.1 Å². The van der Waals surface area contributed by atoms with Crippen LogP contribution in [0.4, 0.5) is 5.69 Å². The number of nitrogen functional groups attached to an aromatic ring is 1. The number of nitrogens with two attached hydrogens (primary N) is 1. The molecule has 4 heteroatoms. The standard InChI is InChI=1S/C13H21NO2S/c1-13(2,3)17(15)10-6-9-16-12-8-5-4-7-11(12)14/h4-5,7-8H,6,9-10,14H2,1-3H3. The topological polar surface area (TPSA) is 52.3 Å². The Bertz CT molecular complexity index is 385. The summed E-state index contributed by atoms with van der Waals surface area (Å²) in [6.07, 6.45) is 0.776. The predicted octanol–water partition coefficient (Wildman–Crippen LogP) is 2.58. The Balaban J connectivity index is 2.30. The van der Waals surface area contributed by atoms with Crippen LogP contribution in [0.3, 0.4) is 0 Å². The normalized spacial score (nSPS) is 13.4. The summed E-state index contributed by atoms with van der Waals surface area (Å²) >= 11 is 0. The molecule has 0 aliphatic rings. The van der Waals surface area contributed by atoms with Gasteiger partial charge in [-0.3, -0.25) is 4.21 Å². The highest BCUT2D eigenvalue weighted by atomic mass is 32.2. The summed E-state index contributed by atoms with van der Waals surface area (Å²) in [6, 6.07) is 7.41. The van der Waals surface area contributed by atoms with Gasteiger partial charge in [0.15, 0.2) is 0 Å². The number of anilines is 1. The van der Waals surface area contributed by atoms with E-state index in [9.17, 15) is 4.21 Å². The van der Waals surface area contributed by atoms with Crippen molar-refractivity contribution in [3.05, 3.63) is 24.3 Å². The van der Waals surface area contributed by atoms with E-state index in [1.54, 1.807) is 0 Å². The molecule has 2 N–H and O–H groups in total. The number of para-hydroxylation sites is 2. The Morgan fingerprint density at radius 2 is 1.94 bits per heavy atom. The smallest absolute Gasteiger partial charge is 0.142 e. The minimum absolute atomic E-state index is 0.147. The van der Waals surface area contributed by atoms with Gasteiger partial charge in [0.2, 0.25) is 0 Å². The average Bonchev–Trinajstić information content (AvgIpc) is 2.25. The van der Waals surface area contributed by atoms with E-state index in [1.807, 2.05) is 45.0 Å². The molecule has 0 radical (unpaired) electrons. The molecule has 3 nitrogen and oxygen atoms in total. The van der Waals surface area contributed by atoms with Crippen LogP contribution in [0.2, 0.25) is 0 Å². The van der Waals surface area contributed by atoms with Crippen molar-refractivity contribution in [3.8, 4) is 5.75 Å². The van der Waals surface area contributed by atoms with Gasteiger partial charge in [0.1, 0.15) is 5.75 Å². The minimum Gasteiger partial charge on any atom is -0.491 e. The maximum atomic E-state index is 11.8. The fraction of sp³-hybridized carbons (Fsp3) is 0.538. The molecule has 1 rings (SSSR count). The van der Waals surface area contributed by atoms with Crippen LogP contribution < -0.4 is 10.5 Å². The Morgan fingerprint density at radius 1 is 1.29 bits per heavy atom. The lowest BCUT2D eigenvalue weighted by atomic mass is 10.3. The molecule has 1 aromatic rings. The van der Waals surface area contributed by atoms with Crippen LogP contribution in [0.25, 0.3) is 0 Å². The summed E-state index contributed by atoms with van der Waals surface area (Å²) < 4.78 is 17.2. The highest BCUT2D eigenvalue weighted by Gasteiger charge is 2.18. The van der Waals surface area contributed by atoms with Gasteiger partial charge in [-0.2, -0.15) is 0 Å². The van der Waals surface area contributed by atoms with E-state index in [4.69, 9.17) is 10.5 Å². The van der Waals surface area contributed by atoms with Crippen molar-refractivity contribution in [1.82, 2.24) is 0 Å². The lowest BCUT2D eigenvalue weighted by Gasteiger charge is -2.17. The molecule has 0 saturated heterocycles. The van der Waals surface area contributed by atoms with Gasteiger partial charge in [-0.05, 0) is 39.3 Å². The zero-order chi connectivity index (χ0) is 12.9. The zero-order valence-electron chi connectivity index (χ0n) is 10.7. The molecule has 0 aliphatic heterocycles. The molecule has 0 saturated carbocycles. The number of ether oxygens (including phenoxy) is 1. The van der Waals surface area contributed by atoms with Crippen LogP contribution >= 0.6 is 0 Å². The van der Waals surface area contributed by atoms with E-state index in [0.717, 1.165) is 6.42 Å². The highest BCUT2D eigenvalue weighted by molar-refractivity contribution is 7.86. The first-order valence-electron chi connectivity index (χ1n) is 5.77. The lowest BCUT2D eigenvalue weighted by molar-refractivity contribution is 0.320. The summed E-state index contributed by atoms with van der Waals surface area (Å²) in [6.45, 7) is 6.51. The summed E-state index contributed by atoms with van der Waals surface area (Å²) in [5, 5.41) is 0. The van der Waals surface area contributed by atoms with Gasteiger partial charge >= 0.3 is 0 Å². The summed E-state index contributed by atoms with van der Waals surface area (Å²) in [4.78, 5) is 0. The monoisotopic (exact) mass is 255 g/mol. The molecule has 0 amide bonds. The molecule has 0 aliphatic carbocycles. The maximum Gasteiger partial charge on any atom is 0.142 e. The molecule has 0 spiro atoms. The Hall–Kier alpha value is -1.03. The van der Waals surface area contributed by atoms with Crippen LogP contribution in [0.15, 0.2) is 24.3 Å². The highest BCUT2D eigenvalue weighted by Crippen LogP contribution is 2.20. The summed E-state index contributed by atoms with van der Waals surface area (Å²) in [5.74, 6) is 1.37. The average molecular weight is 255 g/mol. The van der Waals surface area contributed by atoms with Crippen LogP contribution in [-0.2, 0) is 10.8 Å². The molecule has 0 fully saturated rings. The molecule has 0 heterocycles. The van der Waals surface area contributed by atoms with Crippen molar-refractivity contribution >= 4 is 16.5 Å². The number of hydrogen-bond acceptors (Lipinski definition) is 3. The summed E-state index contributed by atoms with van der Waals surface area (Å²) in [5.41, 5.74) is 6.39. The molecule has 17 heavy (non-hydrogen) atoms. The number of rotatable bonds is 5. The van der Waals surface area contributed by atoms with Gasteiger partial charge in [0.05, 0.1) is 12.3 Å². The minimum atomic E-state index is -0.812. The number of hydrogen-bond donors (Lipinski definition) is 1. The van der Waals surface area contributed by atoms with Crippen LogP contribution in [0.5, 0.6) is 5.75 Å². The van der Waals surface area contributed by atoms with Gasteiger partial charge in [0.25, 0.3) is 0 Å². The van der Waals surface area contributed by atoms with E-state index in [-0.39, 0.29) is 4.75 Å². The Kier molecular flexibility index (Phi) is 5.00. The van der Waals surface area contributed by atoms with Gasteiger partial charge in [0, 0.05) is 21.3 Å². The predicted molar refractivity (Wildman–Crippen MR) is 73.7 cm³/mol. The van der Waals surface area contributed by atoms with Crippen LogP contribution in [0.1, 0.15) is 27.2 Å². The maximum absolute atomic E-state index is 11.8. The van der Waals surface area contributed by atoms with E-state index in [1.165, 1.54) is 0 Å². The molecule has 1 unspecified atom stereocenters. The van der Waals surface area contributed by atoms with Crippen molar-refractivity contribution in [3.63, 3.8) is 0 Å². The molecular formula is C13H21NO2S. The molecule has 1 atom stereocenters. The third-order valence-corrected chi connectivity index (χ3v) is 4.36. The van der Waals surface area contributed by atoms with Gasteiger partial charge in [-0.1, -0.05) is 12.1 Å². The molecule has 0 bridgehead atoms. The summed E-state index contributed by atoms with van der Waals surface area (Å²) in [7, 11) is -0.812. The Labute approximate surface area is 106 Å². The van der Waals surface area contributed by atoms with Crippen molar-refractivity contribution in [2.45, 2.75) is 31.9 Å². The van der Waals surface area contributed by atoms with E-state index >= 15 is 0 Å². The third kappa shape index (κ3) is 4.77. The van der Waals surface area contributed by atoms with E-state index < -0.39 is 10.8 Å². The second-order valence-electron chi connectivity index (χ2n) is 4.90. The van der Waals surface area contributed by atoms with Crippen molar-refractivity contribution in [1.29, 1.82) is 0 Å². The quantitative estimate of drug-likeness (QED) is 0.650. The van der Waals surface area contributed by atoms with Gasteiger partial charge in [-0.25, -0.2) is 0 Å². The van der Waals surface area contributed by atoms with Crippen LogP contribution in [0, 0.1) is 0 Å². The first kappa shape index (κ1) is 14.0. The molecule has 1 aromatic carbocycles. The second-order valence-corrected chi connectivity index (χ2v) is 7.23. The first-order valence-corrected chi connectivity index (χ1v) is 7.09. The fourth-order valence-electron chi connectivity index (χ4n) is 1.29. The van der Waals surface area contributed by atoms with Crippen molar-refractivity contribution < 1.29 is 8.95 Å². The van der Waals surface area contributed by atoms with E-state index in [0.29, 0.717) is 23.8 Å². The molecule has 0 aromatic heterocycles. The first-order chi connectivity index (χ1) is 7.91. The molecular weight excluding hydrogens is 234 g/mol. The zero-order valence-corrected chi connectivity index (χ0v) is 11.5. The van der Waals surface area contributed by atoms with Crippen LogP contribution in [-0.4, -0.2) is 21.3 Å². The van der Waals surface area contributed by atoms with Gasteiger partial charge < -0.3 is 10.5 Å². The largest absolute Gasteiger partial charge is 0.491 e. The van der Waals surface area contributed by atoms with Gasteiger partial charge in [-0.15, -0.1) is 0 Å². The van der Waals surface area contributed by atoms with Crippen molar-refractivity contribution in [2.24, 2.45) is 0 Å². The molecule has 96 valence electrons. The lowest BCUT2D eigenvalue weighted by Crippen LogP contribution is -2.24. The van der Waals surface area contributed by atoms with E-state index in [2.05, 4.69) is 0 Å². The fourth-order valence-corrected chi connectivity index (χ4v) is 2.28. The Morgan fingerprint density at radius 3 is 2.53 bits per heavy atom. The SMILES string of the molecule is CC(C)(C)S(=O)CCCOc1ccccc1N. The third-order valence-electron chi connectivity index (χ3n) is 2.33. The number of benzene rings is 1.